The first-order valence-electron chi connectivity index (χ1n) is 9.97. The zero-order chi connectivity index (χ0) is 17.3. The Kier molecular flexibility index (Phi) is 4.05. The fourth-order valence-corrected chi connectivity index (χ4v) is 4.75. The molecule has 0 bridgehead atoms. The minimum atomic E-state index is 0.835. The summed E-state index contributed by atoms with van der Waals surface area (Å²) in [6.07, 6.45) is 7.85. The maximum atomic E-state index is 3.60. The van der Waals surface area contributed by atoms with E-state index in [9.17, 15) is 0 Å². The van der Waals surface area contributed by atoms with Gasteiger partial charge in [-0.2, -0.15) is 0 Å². The van der Waals surface area contributed by atoms with Crippen LogP contribution >= 0.6 is 0 Å². The summed E-state index contributed by atoms with van der Waals surface area (Å²) in [5.41, 5.74) is 5.36. The minimum Gasteiger partial charge on any atom is -0.358 e. The van der Waals surface area contributed by atoms with Gasteiger partial charge in [0.25, 0.3) is 0 Å². The van der Waals surface area contributed by atoms with Crippen LogP contribution in [0.3, 0.4) is 0 Å². The molecule has 2 aromatic heterocycles. The highest BCUT2D eigenvalue weighted by Gasteiger charge is 2.22. The van der Waals surface area contributed by atoms with Crippen LogP contribution in [-0.4, -0.2) is 9.97 Å². The van der Waals surface area contributed by atoms with Gasteiger partial charge < -0.3 is 9.97 Å². The van der Waals surface area contributed by atoms with Crippen LogP contribution in [0.2, 0.25) is 0 Å². The predicted octanol–water partition coefficient (Wildman–Crippen LogP) is 6.24. The Labute approximate surface area is 154 Å². The number of para-hydroxylation sites is 2. The van der Waals surface area contributed by atoms with Crippen molar-refractivity contribution < 1.29 is 0 Å². The SMILES string of the molecule is c1ccc2[nH]c(CC3CCC(Cc4cc5ccccc5[nH]4)CC3)cc2c1. The first kappa shape index (κ1) is 15.7. The van der Waals surface area contributed by atoms with Crippen molar-refractivity contribution in [2.45, 2.75) is 38.5 Å². The quantitative estimate of drug-likeness (QED) is 0.440. The van der Waals surface area contributed by atoms with Crippen molar-refractivity contribution >= 4 is 21.8 Å². The molecule has 2 nitrogen and oxygen atoms in total. The first-order chi connectivity index (χ1) is 12.8. The van der Waals surface area contributed by atoms with Gasteiger partial charge in [-0.25, -0.2) is 0 Å². The van der Waals surface area contributed by atoms with E-state index >= 15 is 0 Å². The normalized spacial score (nSPS) is 20.8. The molecule has 0 aliphatic heterocycles. The van der Waals surface area contributed by atoms with Gasteiger partial charge in [0, 0.05) is 22.4 Å². The Bertz CT molecular complexity index is 865. The summed E-state index contributed by atoms with van der Waals surface area (Å²) in [6.45, 7) is 0. The molecule has 1 saturated carbocycles. The van der Waals surface area contributed by atoms with E-state index in [0.717, 1.165) is 11.8 Å². The number of aromatic nitrogens is 2. The van der Waals surface area contributed by atoms with Gasteiger partial charge in [-0.15, -0.1) is 0 Å². The number of benzene rings is 2. The van der Waals surface area contributed by atoms with E-state index in [-0.39, 0.29) is 0 Å². The third-order valence-corrected chi connectivity index (χ3v) is 6.16. The van der Waals surface area contributed by atoms with E-state index < -0.39 is 0 Å². The van der Waals surface area contributed by atoms with Crippen molar-refractivity contribution in [1.29, 1.82) is 0 Å². The van der Waals surface area contributed by atoms with E-state index in [1.807, 2.05) is 0 Å². The zero-order valence-corrected chi connectivity index (χ0v) is 15.2. The highest BCUT2D eigenvalue weighted by Crippen LogP contribution is 2.33. The van der Waals surface area contributed by atoms with Crippen LogP contribution < -0.4 is 0 Å². The molecule has 0 unspecified atom stereocenters. The molecule has 4 aromatic rings. The summed E-state index contributed by atoms with van der Waals surface area (Å²) in [7, 11) is 0. The van der Waals surface area contributed by atoms with E-state index in [2.05, 4.69) is 70.6 Å². The van der Waals surface area contributed by atoms with Crippen LogP contribution in [0.5, 0.6) is 0 Å². The molecule has 2 aromatic carbocycles. The zero-order valence-electron chi connectivity index (χ0n) is 15.2. The molecule has 1 fully saturated rings. The third kappa shape index (κ3) is 3.16. The lowest BCUT2D eigenvalue weighted by Gasteiger charge is -2.28. The Morgan fingerprint density at radius 3 is 1.46 bits per heavy atom. The Morgan fingerprint density at radius 2 is 1.04 bits per heavy atom. The number of nitrogens with one attached hydrogen (secondary N) is 2. The second-order valence-corrected chi connectivity index (χ2v) is 8.06. The Hall–Kier alpha value is -2.48. The molecule has 0 radical (unpaired) electrons. The molecule has 1 aliphatic rings. The molecular weight excluding hydrogens is 316 g/mol. The predicted molar refractivity (Wildman–Crippen MR) is 109 cm³/mol. The van der Waals surface area contributed by atoms with Crippen molar-refractivity contribution in [2.24, 2.45) is 11.8 Å². The monoisotopic (exact) mass is 342 g/mol. The highest BCUT2D eigenvalue weighted by atomic mass is 14.7. The van der Waals surface area contributed by atoms with E-state index in [1.54, 1.807) is 0 Å². The average molecular weight is 342 g/mol. The molecule has 2 heterocycles. The number of hydrogen-bond acceptors (Lipinski definition) is 0. The maximum Gasteiger partial charge on any atom is 0.0456 e. The van der Waals surface area contributed by atoms with Gasteiger partial charge in [0.05, 0.1) is 0 Å². The second-order valence-electron chi connectivity index (χ2n) is 8.06. The second kappa shape index (κ2) is 6.68. The van der Waals surface area contributed by atoms with Crippen molar-refractivity contribution in [3.05, 3.63) is 72.1 Å². The van der Waals surface area contributed by atoms with Gasteiger partial charge in [0.2, 0.25) is 0 Å². The fourth-order valence-electron chi connectivity index (χ4n) is 4.75. The number of hydrogen-bond donors (Lipinski definition) is 2. The lowest BCUT2D eigenvalue weighted by Crippen LogP contribution is -2.18. The molecule has 0 spiro atoms. The highest BCUT2D eigenvalue weighted by molar-refractivity contribution is 5.80. The molecular formula is C24H26N2. The Morgan fingerprint density at radius 1 is 0.615 bits per heavy atom. The number of fused-ring (bicyclic) bond motifs is 2. The summed E-state index contributed by atoms with van der Waals surface area (Å²) in [5.74, 6) is 1.67. The number of rotatable bonds is 4. The fraction of sp³-hybridized carbons (Fsp3) is 0.333. The van der Waals surface area contributed by atoms with Gasteiger partial charge in [-0.1, -0.05) is 36.4 Å². The van der Waals surface area contributed by atoms with Crippen LogP contribution in [0.15, 0.2) is 60.7 Å². The van der Waals surface area contributed by atoms with Crippen LogP contribution in [0.25, 0.3) is 21.8 Å². The van der Waals surface area contributed by atoms with Gasteiger partial charge in [0.1, 0.15) is 0 Å². The summed E-state index contributed by atoms with van der Waals surface area (Å²) in [4.78, 5) is 7.21. The summed E-state index contributed by atoms with van der Waals surface area (Å²) >= 11 is 0. The number of H-pyrrole nitrogens is 2. The van der Waals surface area contributed by atoms with Crippen LogP contribution in [0, 0.1) is 11.8 Å². The van der Waals surface area contributed by atoms with E-state index in [0.29, 0.717) is 0 Å². The van der Waals surface area contributed by atoms with Crippen molar-refractivity contribution in [3.63, 3.8) is 0 Å². The first-order valence-corrected chi connectivity index (χ1v) is 9.97. The Balaban J connectivity index is 1.19. The molecule has 0 amide bonds. The van der Waals surface area contributed by atoms with Gasteiger partial charge >= 0.3 is 0 Å². The molecule has 2 heteroatoms. The van der Waals surface area contributed by atoms with Crippen LogP contribution in [-0.2, 0) is 12.8 Å². The van der Waals surface area contributed by atoms with Gasteiger partial charge in [-0.05, 0) is 85.4 Å². The van der Waals surface area contributed by atoms with E-state index in [1.165, 1.54) is 71.7 Å². The third-order valence-electron chi connectivity index (χ3n) is 6.16. The molecule has 26 heavy (non-hydrogen) atoms. The molecule has 5 rings (SSSR count). The van der Waals surface area contributed by atoms with E-state index in [4.69, 9.17) is 0 Å². The lowest BCUT2D eigenvalue weighted by atomic mass is 9.78. The van der Waals surface area contributed by atoms with Crippen molar-refractivity contribution in [1.82, 2.24) is 9.97 Å². The van der Waals surface area contributed by atoms with Gasteiger partial charge in [0.15, 0.2) is 0 Å². The van der Waals surface area contributed by atoms with Crippen LogP contribution in [0.4, 0.5) is 0 Å². The number of aromatic amines is 2. The lowest BCUT2D eigenvalue weighted by molar-refractivity contribution is 0.270. The minimum absolute atomic E-state index is 0.835. The van der Waals surface area contributed by atoms with Gasteiger partial charge in [-0.3, -0.25) is 0 Å². The van der Waals surface area contributed by atoms with Crippen LogP contribution in [0.1, 0.15) is 37.1 Å². The van der Waals surface area contributed by atoms with Crippen molar-refractivity contribution in [2.75, 3.05) is 0 Å². The molecule has 0 saturated heterocycles. The molecule has 1 aliphatic carbocycles. The topological polar surface area (TPSA) is 31.6 Å². The summed E-state index contributed by atoms with van der Waals surface area (Å²) in [6, 6.07) is 21.9. The summed E-state index contributed by atoms with van der Waals surface area (Å²) < 4.78 is 0. The smallest absolute Gasteiger partial charge is 0.0456 e. The molecule has 2 N–H and O–H groups in total. The summed E-state index contributed by atoms with van der Waals surface area (Å²) in [5, 5.41) is 2.69. The molecule has 0 atom stereocenters. The maximum absolute atomic E-state index is 3.60. The molecule has 132 valence electrons. The standard InChI is InChI=1S/C24H26N2/c1-3-7-23-19(5-1)15-21(25-23)13-17-9-11-18(12-10-17)14-22-16-20-6-2-4-8-24(20)26-22/h1-8,15-18,25-26H,9-14H2. The van der Waals surface area contributed by atoms with Crippen molar-refractivity contribution in [3.8, 4) is 0 Å². The largest absolute Gasteiger partial charge is 0.358 e. The average Bonchev–Trinajstić information content (AvgIpc) is 3.25.